The molecule has 20 heavy (non-hydrogen) atoms. The standard InChI is InChI=1S/C16H17Br2NO/c1-10-4-5-15(20-3)12(6-10)9-19-16-13(17)7-11(2)8-14(16)18/h4-8,19H,9H2,1-3H3. The molecule has 2 nitrogen and oxygen atoms in total. The minimum Gasteiger partial charge on any atom is -0.496 e. The second kappa shape index (κ2) is 6.64. The van der Waals surface area contributed by atoms with Crippen LogP contribution in [0.1, 0.15) is 16.7 Å². The first-order valence-corrected chi connectivity index (χ1v) is 7.93. The first kappa shape index (κ1) is 15.4. The van der Waals surface area contributed by atoms with E-state index < -0.39 is 0 Å². The van der Waals surface area contributed by atoms with E-state index in [1.165, 1.54) is 11.1 Å². The molecule has 0 unspecified atom stereocenters. The lowest BCUT2D eigenvalue weighted by atomic mass is 10.1. The molecule has 0 aliphatic heterocycles. The van der Waals surface area contributed by atoms with Crippen molar-refractivity contribution in [2.45, 2.75) is 20.4 Å². The van der Waals surface area contributed by atoms with Crippen LogP contribution in [0.2, 0.25) is 0 Å². The Labute approximate surface area is 136 Å². The van der Waals surface area contributed by atoms with E-state index in [4.69, 9.17) is 4.74 Å². The van der Waals surface area contributed by atoms with E-state index in [1.54, 1.807) is 7.11 Å². The van der Waals surface area contributed by atoms with Gasteiger partial charge in [-0.3, -0.25) is 0 Å². The fraction of sp³-hybridized carbons (Fsp3) is 0.250. The second-order valence-electron chi connectivity index (χ2n) is 4.77. The highest BCUT2D eigenvalue weighted by molar-refractivity contribution is 9.11. The van der Waals surface area contributed by atoms with Crippen LogP contribution >= 0.6 is 31.9 Å². The minimum absolute atomic E-state index is 0.713. The number of ether oxygens (including phenoxy) is 1. The predicted octanol–water partition coefficient (Wildman–Crippen LogP) is 5.45. The van der Waals surface area contributed by atoms with E-state index in [0.29, 0.717) is 6.54 Å². The monoisotopic (exact) mass is 397 g/mol. The summed E-state index contributed by atoms with van der Waals surface area (Å²) in [5.41, 5.74) is 4.64. The quantitative estimate of drug-likeness (QED) is 0.739. The lowest BCUT2D eigenvalue weighted by Crippen LogP contribution is -2.03. The minimum atomic E-state index is 0.713. The number of hydrogen-bond donors (Lipinski definition) is 1. The second-order valence-corrected chi connectivity index (χ2v) is 6.48. The van der Waals surface area contributed by atoms with Crippen LogP contribution in [-0.2, 0) is 6.54 Å². The summed E-state index contributed by atoms with van der Waals surface area (Å²) in [6, 6.07) is 10.4. The molecule has 0 heterocycles. The largest absolute Gasteiger partial charge is 0.496 e. The first-order chi connectivity index (χ1) is 9.51. The van der Waals surface area contributed by atoms with E-state index >= 15 is 0 Å². The Bertz CT molecular complexity index is 603. The van der Waals surface area contributed by atoms with Gasteiger partial charge in [0.2, 0.25) is 0 Å². The fourth-order valence-electron chi connectivity index (χ4n) is 2.10. The maximum Gasteiger partial charge on any atom is 0.123 e. The molecule has 0 radical (unpaired) electrons. The van der Waals surface area contributed by atoms with Crippen molar-refractivity contribution in [3.05, 3.63) is 56.0 Å². The molecule has 4 heteroatoms. The molecule has 1 N–H and O–H groups in total. The van der Waals surface area contributed by atoms with Gasteiger partial charge in [0.05, 0.1) is 12.8 Å². The average molecular weight is 399 g/mol. The van der Waals surface area contributed by atoms with Gasteiger partial charge in [-0.1, -0.05) is 17.7 Å². The Hall–Kier alpha value is -1.000. The summed E-state index contributed by atoms with van der Waals surface area (Å²) in [4.78, 5) is 0. The smallest absolute Gasteiger partial charge is 0.123 e. The molecule has 2 rings (SSSR count). The summed E-state index contributed by atoms with van der Waals surface area (Å²) < 4.78 is 7.51. The molecule has 0 atom stereocenters. The van der Waals surface area contributed by atoms with Gasteiger partial charge >= 0.3 is 0 Å². The number of nitrogens with one attached hydrogen (secondary N) is 1. The van der Waals surface area contributed by atoms with E-state index in [1.807, 2.05) is 6.07 Å². The van der Waals surface area contributed by atoms with Gasteiger partial charge in [-0.25, -0.2) is 0 Å². The van der Waals surface area contributed by atoms with Crippen LogP contribution in [0.3, 0.4) is 0 Å². The van der Waals surface area contributed by atoms with E-state index in [9.17, 15) is 0 Å². The molecule has 106 valence electrons. The van der Waals surface area contributed by atoms with Crippen LogP contribution in [0.5, 0.6) is 5.75 Å². The Balaban J connectivity index is 2.23. The molecule has 0 aliphatic rings. The number of anilines is 1. The summed E-state index contributed by atoms with van der Waals surface area (Å²) in [5, 5.41) is 3.45. The number of methoxy groups -OCH3 is 1. The molecule has 2 aromatic carbocycles. The highest BCUT2D eigenvalue weighted by Gasteiger charge is 2.08. The molecular weight excluding hydrogens is 382 g/mol. The number of rotatable bonds is 4. The van der Waals surface area contributed by atoms with Gasteiger partial charge in [0, 0.05) is 21.1 Å². The fourth-order valence-corrected chi connectivity index (χ4v) is 3.79. The number of hydrogen-bond acceptors (Lipinski definition) is 2. The molecule has 0 aliphatic carbocycles. The van der Waals surface area contributed by atoms with Crippen molar-refractivity contribution in [3.8, 4) is 5.75 Å². The van der Waals surface area contributed by atoms with Crippen LogP contribution in [0.4, 0.5) is 5.69 Å². The van der Waals surface area contributed by atoms with Gasteiger partial charge in [-0.15, -0.1) is 0 Å². The van der Waals surface area contributed by atoms with Crippen molar-refractivity contribution in [1.29, 1.82) is 0 Å². The van der Waals surface area contributed by atoms with Crippen molar-refractivity contribution in [1.82, 2.24) is 0 Å². The highest BCUT2D eigenvalue weighted by atomic mass is 79.9. The molecule has 2 aromatic rings. The van der Waals surface area contributed by atoms with E-state index in [2.05, 4.69) is 75.3 Å². The van der Waals surface area contributed by atoms with Gasteiger partial charge in [-0.2, -0.15) is 0 Å². The van der Waals surface area contributed by atoms with Crippen LogP contribution in [0.25, 0.3) is 0 Å². The predicted molar refractivity (Wildman–Crippen MR) is 91.6 cm³/mol. The van der Waals surface area contributed by atoms with Crippen molar-refractivity contribution in [2.75, 3.05) is 12.4 Å². The molecule has 0 saturated carbocycles. The summed E-state index contributed by atoms with van der Waals surface area (Å²) in [7, 11) is 1.70. The van der Waals surface area contributed by atoms with Crippen molar-refractivity contribution in [3.63, 3.8) is 0 Å². The van der Waals surface area contributed by atoms with E-state index in [-0.39, 0.29) is 0 Å². The Morgan fingerprint density at radius 3 is 2.25 bits per heavy atom. The van der Waals surface area contributed by atoms with Crippen LogP contribution < -0.4 is 10.1 Å². The molecule has 0 saturated heterocycles. The van der Waals surface area contributed by atoms with Crippen molar-refractivity contribution < 1.29 is 4.74 Å². The lowest BCUT2D eigenvalue weighted by Gasteiger charge is -2.14. The molecule has 0 bridgehead atoms. The topological polar surface area (TPSA) is 21.3 Å². The summed E-state index contributed by atoms with van der Waals surface area (Å²) in [5.74, 6) is 0.905. The maximum atomic E-state index is 5.40. The third-order valence-electron chi connectivity index (χ3n) is 3.08. The van der Waals surface area contributed by atoms with E-state index in [0.717, 1.165) is 25.9 Å². The Morgan fingerprint density at radius 1 is 1.00 bits per heavy atom. The number of aryl methyl sites for hydroxylation is 2. The first-order valence-electron chi connectivity index (χ1n) is 6.34. The van der Waals surface area contributed by atoms with Gasteiger partial charge in [0.25, 0.3) is 0 Å². The van der Waals surface area contributed by atoms with Gasteiger partial charge < -0.3 is 10.1 Å². The SMILES string of the molecule is COc1ccc(C)cc1CNc1c(Br)cc(C)cc1Br. The lowest BCUT2D eigenvalue weighted by molar-refractivity contribution is 0.410. The van der Waals surface area contributed by atoms with Crippen molar-refractivity contribution in [2.24, 2.45) is 0 Å². The summed E-state index contributed by atoms with van der Waals surface area (Å²) in [6.07, 6.45) is 0. The third kappa shape index (κ3) is 3.55. The van der Waals surface area contributed by atoms with Gasteiger partial charge in [0.15, 0.2) is 0 Å². The van der Waals surface area contributed by atoms with Crippen molar-refractivity contribution >= 4 is 37.5 Å². The summed E-state index contributed by atoms with van der Waals surface area (Å²) in [6.45, 7) is 4.87. The normalized spacial score (nSPS) is 10.4. The van der Waals surface area contributed by atoms with Crippen LogP contribution in [0, 0.1) is 13.8 Å². The molecule has 0 amide bonds. The maximum absolute atomic E-state index is 5.40. The van der Waals surface area contributed by atoms with Crippen LogP contribution in [0.15, 0.2) is 39.3 Å². The molecule has 0 spiro atoms. The van der Waals surface area contributed by atoms with Gasteiger partial charge in [-0.05, 0) is 69.5 Å². The highest BCUT2D eigenvalue weighted by Crippen LogP contribution is 2.33. The molecule has 0 fully saturated rings. The molecule has 0 aromatic heterocycles. The zero-order chi connectivity index (χ0) is 14.7. The number of benzene rings is 2. The molecular formula is C16H17Br2NO. The number of halogens is 2. The zero-order valence-electron chi connectivity index (χ0n) is 11.8. The van der Waals surface area contributed by atoms with Crippen LogP contribution in [-0.4, -0.2) is 7.11 Å². The summed E-state index contributed by atoms with van der Waals surface area (Å²) >= 11 is 7.20. The van der Waals surface area contributed by atoms with Gasteiger partial charge in [0.1, 0.15) is 5.75 Å². The average Bonchev–Trinajstić information content (AvgIpc) is 2.37. The third-order valence-corrected chi connectivity index (χ3v) is 4.33. The zero-order valence-corrected chi connectivity index (χ0v) is 14.9. The Kier molecular flexibility index (Phi) is 5.11. The Morgan fingerprint density at radius 2 is 1.65 bits per heavy atom.